The third-order valence-electron chi connectivity index (χ3n) is 21.3. The summed E-state index contributed by atoms with van der Waals surface area (Å²) in [5.41, 5.74) is 24.1. The molecular weight excluding hydrogens is 1370 g/mol. The maximum atomic E-state index is 6.51. The second kappa shape index (κ2) is 27.5. The van der Waals surface area contributed by atoms with Gasteiger partial charge in [-0.25, -0.2) is 29.9 Å². The van der Waals surface area contributed by atoms with Crippen LogP contribution < -0.4 is 0 Å². The van der Waals surface area contributed by atoms with E-state index in [0.29, 0.717) is 34.9 Å². The van der Waals surface area contributed by atoms with Crippen molar-refractivity contribution in [3.05, 3.63) is 388 Å². The topological polar surface area (TPSA) is 113 Å². The molecule has 0 aliphatic rings. The van der Waals surface area contributed by atoms with Crippen LogP contribution in [-0.2, 0) is 0 Å². The Morgan fingerprint density at radius 2 is 0.518 bits per heavy atom. The predicted octanol–water partition coefficient (Wildman–Crippen LogP) is 26.4. The van der Waals surface area contributed by atoms with E-state index in [4.69, 9.17) is 38.7 Å². The Hall–Kier alpha value is -15.3. The van der Waals surface area contributed by atoms with Crippen molar-refractivity contribution in [2.75, 3.05) is 0 Å². The zero-order chi connectivity index (χ0) is 74.0. The number of benzene rings is 16. The van der Waals surface area contributed by atoms with Gasteiger partial charge in [0.2, 0.25) is 0 Å². The van der Waals surface area contributed by atoms with Crippen molar-refractivity contribution in [3.63, 3.8) is 0 Å². The number of fused-ring (bicyclic) bond motifs is 12. The molecular formula is C102H64N8O2. The Kier molecular flexibility index (Phi) is 16.0. The van der Waals surface area contributed by atoms with Gasteiger partial charge in [-0.15, -0.1) is 0 Å². The zero-order valence-corrected chi connectivity index (χ0v) is 60.3. The van der Waals surface area contributed by atoms with Gasteiger partial charge in [-0.3, -0.25) is 0 Å². The lowest BCUT2D eigenvalue weighted by Crippen LogP contribution is -2.02. The molecule has 112 heavy (non-hydrogen) atoms. The molecule has 10 nitrogen and oxygen atoms in total. The minimum Gasteiger partial charge on any atom is -0.455 e. The van der Waals surface area contributed by atoms with Gasteiger partial charge in [0.15, 0.2) is 34.9 Å². The number of furan rings is 2. The fraction of sp³-hybridized carbons (Fsp3) is 0. The maximum Gasteiger partial charge on any atom is 0.164 e. The summed E-state index contributed by atoms with van der Waals surface area (Å²) in [4.78, 5) is 30.6. The molecule has 0 aliphatic heterocycles. The van der Waals surface area contributed by atoms with Crippen LogP contribution in [0.5, 0.6) is 0 Å². The molecule has 0 N–H and O–H groups in total. The minimum absolute atomic E-state index is 0.606. The number of para-hydroxylation sites is 6. The lowest BCUT2D eigenvalue weighted by atomic mass is 9.98. The summed E-state index contributed by atoms with van der Waals surface area (Å²) in [6.07, 6.45) is 0. The lowest BCUT2D eigenvalue weighted by Gasteiger charge is -2.16. The Morgan fingerprint density at radius 1 is 0.170 bits per heavy atom. The number of hydrogen-bond acceptors (Lipinski definition) is 8. The van der Waals surface area contributed by atoms with Gasteiger partial charge in [0.1, 0.15) is 22.3 Å². The van der Waals surface area contributed by atoms with E-state index >= 15 is 0 Å². The monoisotopic (exact) mass is 1430 g/mol. The highest BCUT2D eigenvalue weighted by molar-refractivity contribution is 6.15. The number of rotatable bonds is 12. The summed E-state index contributed by atoms with van der Waals surface area (Å²) in [5, 5.41) is 9.17. The van der Waals surface area contributed by atoms with Crippen molar-refractivity contribution >= 4 is 87.5 Å². The highest BCUT2D eigenvalue weighted by Gasteiger charge is 2.24. The Bertz CT molecular complexity index is 7250. The van der Waals surface area contributed by atoms with Crippen molar-refractivity contribution in [2.24, 2.45) is 0 Å². The normalized spacial score (nSPS) is 11.6. The molecule has 0 saturated heterocycles. The largest absolute Gasteiger partial charge is 0.455 e. The fourth-order valence-electron chi connectivity index (χ4n) is 16.0. The van der Waals surface area contributed by atoms with Crippen molar-refractivity contribution in [2.45, 2.75) is 0 Å². The van der Waals surface area contributed by atoms with Gasteiger partial charge in [0.25, 0.3) is 0 Å². The van der Waals surface area contributed by atoms with Gasteiger partial charge in [-0.2, -0.15) is 0 Å². The van der Waals surface area contributed by atoms with Crippen molar-refractivity contribution in [1.82, 2.24) is 39.0 Å². The van der Waals surface area contributed by atoms with Crippen LogP contribution >= 0.6 is 0 Å². The number of aromatic nitrogens is 8. The maximum absolute atomic E-state index is 6.51. The molecule has 0 unspecified atom stereocenters. The third kappa shape index (κ3) is 11.6. The third-order valence-corrected chi connectivity index (χ3v) is 21.3. The molecule has 10 heteroatoms. The predicted molar refractivity (Wildman–Crippen MR) is 457 cm³/mol. The summed E-state index contributed by atoms with van der Waals surface area (Å²) >= 11 is 0. The molecule has 16 aromatic carbocycles. The average molecular weight is 1430 g/mol. The highest BCUT2D eigenvalue weighted by Crippen LogP contribution is 2.45. The van der Waals surface area contributed by atoms with Crippen molar-refractivity contribution in [3.8, 4) is 124 Å². The molecule has 0 radical (unpaired) electrons. The quantitative estimate of drug-likeness (QED) is 0.119. The molecule has 22 aromatic rings. The summed E-state index contributed by atoms with van der Waals surface area (Å²) in [6.45, 7) is 0. The standard InChI is InChI=1S/2C51H32N4O/c1-4-15-33(16-5-1)38-30-28-37(32-44(38)51-53-49(34-17-6-2-7-18-34)52-50(54-51)35-19-8-3-9-20-35)55-45-25-12-10-21-40(45)41-29-27-36(31-46(41)55)39-23-14-24-43-42-22-11-13-26-47(42)56-48(39)43;1-4-15-33(16-5-1)37-29-38(51-53-49(34-17-6-2-7-18-34)52-50(54-51)35-19-8-3-9-20-35)31-39(30-37)55-45-25-12-10-21-41(45)42-28-27-36(32-46(42)55)40-23-14-24-44-43-22-11-13-26-47(43)56-48(40)44/h2*1-32H. The first kappa shape index (κ1) is 65.1. The Balaban J connectivity index is 0.000000141. The second-order valence-corrected chi connectivity index (χ2v) is 28.0. The summed E-state index contributed by atoms with van der Waals surface area (Å²) in [7, 11) is 0. The van der Waals surface area contributed by atoms with Crippen LogP contribution in [0.3, 0.4) is 0 Å². The molecule has 0 aliphatic carbocycles. The second-order valence-electron chi connectivity index (χ2n) is 28.0. The van der Waals surface area contributed by atoms with Crippen LogP contribution in [0.2, 0.25) is 0 Å². The first-order valence-electron chi connectivity index (χ1n) is 37.5. The average Bonchev–Trinajstić information content (AvgIpc) is 1.58. The smallest absolute Gasteiger partial charge is 0.164 e. The van der Waals surface area contributed by atoms with Crippen LogP contribution in [0.25, 0.3) is 212 Å². The van der Waals surface area contributed by atoms with Gasteiger partial charge < -0.3 is 18.0 Å². The molecule has 22 rings (SSSR count). The Morgan fingerprint density at radius 3 is 0.973 bits per heavy atom. The highest BCUT2D eigenvalue weighted by atomic mass is 16.3. The first-order chi connectivity index (χ1) is 55.5. The van der Waals surface area contributed by atoms with Crippen LogP contribution in [-0.4, -0.2) is 39.0 Å². The minimum atomic E-state index is 0.606. The van der Waals surface area contributed by atoms with Gasteiger partial charge >= 0.3 is 0 Å². The van der Waals surface area contributed by atoms with Crippen LogP contribution in [0.4, 0.5) is 0 Å². The molecule has 0 spiro atoms. The first-order valence-corrected chi connectivity index (χ1v) is 37.5. The van der Waals surface area contributed by atoms with E-state index in [1.165, 1.54) is 21.5 Å². The van der Waals surface area contributed by atoms with Gasteiger partial charge in [-0.05, 0) is 100 Å². The molecule has 0 fully saturated rings. The number of nitrogens with zero attached hydrogens (tertiary/aromatic N) is 8. The van der Waals surface area contributed by atoms with Gasteiger partial charge in [-0.1, -0.05) is 322 Å². The molecule has 6 heterocycles. The molecule has 524 valence electrons. The van der Waals surface area contributed by atoms with Crippen molar-refractivity contribution < 1.29 is 8.83 Å². The summed E-state index contributed by atoms with van der Waals surface area (Å²) < 4.78 is 17.8. The van der Waals surface area contributed by atoms with Gasteiger partial charge in [0, 0.05) is 99.0 Å². The Labute approximate surface area is 643 Å². The molecule has 6 aromatic heterocycles. The molecule has 0 saturated carbocycles. The fourth-order valence-corrected chi connectivity index (χ4v) is 16.0. The van der Waals surface area contributed by atoms with Crippen molar-refractivity contribution in [1.29, 1.82) is 0 Å². The van der Waals surface area contributed by atoms with E-state index in [2.05, 4.69) is 246 Å². The SMILES string of the molecule is c1ccc(-c2cc(-c3nc(-c4ccccc4)nc(-c4ccccc4)n3)cc(-n3c4ccccc4c4ccc(-c5cccc6c5oc5ccccc56)cc43)c2)cc1.c1ccc(-c2nc(-c3ccccc3)nc(-c3cc(-n4c5ccccc5c5ccc(-c6cccc7c6oc6ccccc67)cc54)ccc3-c3ccccc3)n2)cc1. The summed E-state index contributed by atoms with van der Waals surface area (Å²) in [5.74, 6) is 3.72. The number of hydrogen-bond donors (Lipinski definition) is 0. The van der Waals surface area contributed by atoms with Crippen LogP contribution in [0.15, 0.2) is 397 Å². The molecule has 0 atom stereocenters. The van der Waals surface area contributed by atoms with E-state index in [9.17, 15) is 0 Å². The van der Waals surface area contributed by atoms with E-state index in [1.807, 2.05) is 152 Å². The zero-order valence-electron chi connectivity index (χ0n) is 60.3. The van der Waals surface area contributed by atoms with E-state index in [-0.39, 0.29) is 0 Å². The van der Waals surface area contributed by atoms with Crippen LogP contribution in [0.1, 0.15) is 0 Å². The lowest BCUT2D eigenvalue weighted by molar-refractivity contribution is 0.669. The van der Waals surface area contributed by atoms with Gasteiger partial charge in [0.05, 0.1) is 22.1 Å². The van der Waals surface area contributed by atoms with E-state index < -0.39 is 0 Å². The summed E-state index contributed by atoms with van der Waals surface area (Å²) in [6, 6.07) is 135. The van der Waals surface area contributed by atoms with E-state index in [0.717, 1.165) is 155 Å². The van der Waals surface area contributed by atoms with E-state index in [1.54, 1.807) is 0 Å². The molecule has 0 bridgehead atoms. The van der Waals surface area contributed by atoms with Crippen LogP contribution in [0, 0.1) is 0 Å². The molecule has 0 amide bonds.